The molecule has 0 unspecified atom stereocenters. The van der Waals surface area contributed by atoms with Crippen molar-refractivity contribution in [3.63, 3.8) is 0 Å². The Morgan fingerprint density at radius 2 is 2.00 bits per heavy atom. The third-order valence-corrected chi connectivity index (χ3v) is 3.31. The lowest BCUT2D eigenvalue weighted by atomic mass is 10.1. The molecule has 0 saturated heterocycles. The Balaban J connectivity index is 2.16. The summed E-state index contributed by atoms with van der Waals surface area (Å²) in [7, 11) is 1.57. The normalized spacial score (nSPS) is 15.8. The van der Waals surface area contributed by atoms with Crippen LogP contribution in [0.4, 0.5) is 0 Å². The number of nitrogens with two attached hydrogens (primary N) is 1. The Morgan fingerprint density at radius 3 is 2.50 bits per heavy atom. The summed E-state index contributed by atoms with van der Waals surface area (Å²) in [5.74, 6) is -0.285. The van der Waals surface area contributed by atoms with Gasteiger partial charge in [0.15, 0.2) is 0 Å². The Kier molecular flexibility index (Phi) is 5.49. The van der Waals surface area contributed by atoms with Crippen LogP contribution in [0.25, 0.3) is 0 Å². The summed E-state index contributed by atoms with van der Waals surface area (Å²) in [5, 5.41) is 5.36. The van der Waals surface area contributed by atoms with Crippen LogP contribution in [-0.4, -0.2) is 43.6 Å². The van der Waals surface area contributed by atoms with Crippen molar-refractivity contribution >= 4 is 29.0 Å². The third kappa shape index (κ3) is 3.92. The van der Waals surface area contributed by atoms with E-state index >= 15 is 0 Å². The van der Waals surface area contributed by atoms with Crippen LogP contribution in [0.5, 0.6) is 0 Å². The maximum Gasteiger partial charge on any atom is 0.233 e. The van der Waals surface area contributed by atoms with E-state index in [0.29, 0.717) is 32.5 Å². The van der Waals surface area contributed by atoms with Gasteiger partial charge in [-0.1, -0.05) is 12.2 Å². The average molecular weight is 273 g/mol. The number of nitrogens with one attached hydrogen (secondary N) is 2. The van der Waals surface area contributed by atoms with E-state index in [2.05, 4.69) is 10.6 Å². The summed E-state index contributed by atoms with van der Waals surface area (Å²) >= 11 is 4.87. The number of carbonyl (C=O) groups excluding carboxylic acids is 2. The average Bonchev–Trinajstić information content (AvgIpc) is 3.10. The van der Waals surface area contributed by atoms with Crippen LogP contribution < -0.4 is 16.4 Å². The van der Waals surface area contributed by atoms with Crippen molar-refractivity contribution in [3.05, 3.63) is 0 Å². The second-order valence-electron chi connectivity index (χ2n) is 4.30. The summed E-state index contributed by atoms with van der Waals surface area (Å²) in [4.78, 5) is 23.4. The predicted octanol–water partition coefficient (Wildman–Crippen LogP) is -0.678. The van der Waals surface area contributed by atoms with E-state index < -0.39 is 5.41 Å². The number of thiocarbonyl (C=S) groups is 1. The van der Waals surface area contributed by atoms with Gasteiger partial charge in [-0.15, -0.1) is 0 Å². The molecule has 0 aromatic heterocycles. The summed E-state index contributed by atoms with van der Waals surface area (Å²) in [5.41, 5.74) is 4.87. The molecule has 0 radical (unpaired) electrons. The molecule has 0 heterocycles. The molecule has 0 aromatic rings. The number of rotatable bonds is 8. The standard InChI is InChI=1S/C11H19N3O3S/c1-17-7-6-13-8(15)2-5-14-10(16)11(3-4-11)9(12)18/h2-7H2,1H3,(H2,12,18)(H,13,15)(H,14,16). The predicted molar refractivity (Wildman–Crippen MR) is 71.0 cm³/mol. The van der Waals surface area contributed by atoms with E-state index in [1.54, 1.807) is 7.11 Å². The van der Waals surface area contributed by atoms with Gasteiger partial charge in [-0.25, -0.2) is 0 Å². The molecule has 1 aliphatic carbocycles. The third-order valence-electron chi connectivity index (χ3n) is 2.92. The fourth-order valence-electron chi connectivity index (χ4n) is 1.55. The first-order valence-corrected chi connectivity index (χ1v) is 6.27. The molecule has 1 saturated carbocycles. The molecule has 0 bridgehead atoms. The van der Waals surface area contributed by atoms with E-state index in [9.17, 15) is 9.59 Å². The molecule has 18 heavy (non-hydrogen) atoms. The SMILES string of the molecule is COCCNC(=O)CCNC(=O)C1(C(N)=S)CC1. The number of methoxy groups -OCH3 is 1. The fourth-order valence-corrected chi connectivity index (χ4v) is 1.85. The molecular weight excluding hydrogens is 254 g/mol. The number of carbonyl (C=O) groups is 2. The van der Waals surface area contributed by atoms with E-state index in [4.69, 9.17) is 22.7 Å². The van der Waals surface area contributed by atoms with Gasteiger partial charge in [0.2, 0.25) is 11.8 Å². The Hall–Kier alpha value is -1.21. The van der Waals surface area contributed by atoms with Gasteiger partial charge < -0.3 is 21.1 Å². The lowest BCUT2D eigenvalue weighted by Gasteiger charge is -2.13. The van der Waals surface area contributed by atoms with Gasteiger partial charge in [-0.2, -0.15) is 0 Å². The summed E-state index contributed by atoms with van der Waals surface area (Å²) in [6.45, 7) is 1.24. The van der Waals surface area contributed by atoms with Crippen molar-refractivity contribution in [2.24, 2.45) is 11.1 Å². The Labute approximate surface area is 112 Å². The van der Waals surface area contributed by atoms with E-state index in [1.165, 1.54) is 0 Å². The zero-order valence-corrected chi connectivity index (χ0v) is 11.3. The lowest BCUT2D eigenvalue weighted by molar-refractivity contribution is -0.124. The quantitative estimate of drug-likeness (QED) is 0.402. The van der Waals surface area contributed by atoms with Crippen molar-refractivity contribution in [1.29, 1.82) is 0 Å². The Bertz CT molecular complexity index is 342. The number of ether oxygens (including phenoxy) is 1. The highest BCUT2D eigenvalue weighted by Gasteiger charge is 2.52. The minimum absolute atomic E-state index is 0.118. The number of hydrogen-bond acceptors (Lipinski definition) is 4. The summed E-state index contributed by atoms with van der Waals surface area (Å²) in [6, 6.07) is 0. The van der Waals surface area contributed by atoms with Crippen LogP contribution in [0, 0.1) is 5.41 Å². The van der Waals surface area contributed by atoms with Crippen molar-refractivity contribution in [2.45, 2.75) is 19.3 Å². The first kappa shape index (κ1) is 14.8. The topological polar surface area (TPSA) is 93.5 Å². The van der Waals surface area contributed by atoms with Gasteiger partial charge in [-0.05, 0) is 12.8 Å². The highest BCUT2D eigenvalue weighted by atomic mass is 32.1. The molecule has 2 amide bonds. The molecule has 1 rings (SSSR count). The molecule has 0 atom stereocenters. The van der Waals surface area contributed by atoms with Crippen molar-refractivity contribution in [1.82, 2.24) is 10.6 Å². The summed E-state index contributed by atoms with van der Waals surface area (Å²) < 4.78 is 4.80. The maximum atomic E-state index is 11.8. The van der Waals surface area contributed by atoms with Gasteiger partial charge in [0.1, 0.15) is 0 Å². The number of hydrogen-bond donors (Lipinski definition) is 3. The van der Waals surface area contributed by atoms with Crippen LogP contribution >= 0.6 is 12.2 Å². The van der Waals surface area contributed by atoms with Gasteiger partial charge >= 0.3 is 0 Å². The highest BCUT2D eigenvalue weighted by Crippen LogP contribution is 2.46. The van der Waals surface area contributed by atoms with E-state index in [0.717, 1.165) is 0 Å². The zero-order valence-electron chi connectivity index (χ0n) is 10.5. The molecule has 0 aliphatic heterocycles. The van der Waals surface area contributed by atoms with Crippen LogP contribution in [0.2, 0.25) is 0 Å². The van der Waals surface area contributed by atoms with E-state index in [1.807, 2.05) is 0 Å². The van der Waals surface area contributed by atoms with Crippen molar-refractivity contribution < 1.29 is 14.3 Å². The van der Waals surface area contributed by atoms with Crippen LogP contribution in [0.3, 0.4) is 0 Å². The second-order valence-corrected chi connectivity index (χ2v) is 4.73. The zero-order chi connectivity index (χ0) is 13.6. The molecule has 4 N–H and O–H groups in total. The van der Waals surface area contributed by atoms with Gasteiger partial charge in [0.25, 0.3) is 0 Å². The highest BCUT2D eigenvalue weighted by molar-refractivity contribution is 7.80. The summed E-state index contributed by atoms with van der Waals surface area (Å²) in [6.07, 6.45) is 1.64. The smallest absolute Gasteiger partial charge is 0.233 e. The van der Waals surface area contributed by atoms with Crippen molar-refractivity contribution in [3.8, 4) is 0 Å². The minimum Gasteiger partial charge on any atom is -0.392 e. The van der Waals surface area contributed by atoms with Crippen LogP contribution in [-0.2, 0) is 14.3 Å². The molecular formula is C11H19N3O3S. The first-order valence-electron chi connectivity index (χ1n) is 5.87. The fraction of sp³-hybridized carbons (Fsp3) is 0.727. The molecule has 1 aliphatic rings. The Morgan fingerprint density at radius 1 is 1.33 bits per heavy atom. The van der Waals surface area contributed by atoms with Gasteiger partial charge in [-0.3, -0.25) is 9.59 Å². The van der Waals surface area contributed by atoms with Crippen LogP contribution in [0.1, 0.15) is 19.3 Å². The van der Waals surface area contributed by atoms with Gasteiger partial charge in [0, 0.05) is 26.6 Å². The number of amides is 2. The largest absolute Gasteiger partial charge is 0.392 e. The molecule has 102 valence electrons. The van der Waals surface area contributed by atoms with E-state index in [-0.39, 0.29) is 23.2 Å². The second kappa shape index (κ2) is 6.65. The molecule has 7 heteroatoms. The molecule has 0 spiro atoms. The van der Waals surface area contributed by atoms with Crippen molar-refractivity contribution in [2.75, 3.05) is 26.8 Å². The molecule has 1 fully saturated rings. The maximum absolute atomic E-state index is 11.8. The van der Waals surface area contributed by atoms with Gasteiger partial charge in [0.05, 0.1) is 17.0 Å². The van der Waals surface area contributed by atoms with Crippen LogP contribution in [0.15, 0.2) is 0 Å². The monoisotopic (exact) mass is 273 g/mol. The minimum atomic E-state index is -0.651. The molecule has 0 aromatic carbocycles. The first-order chi connectivity index (χ1) is 8.53. The lowest BCUT2D eigenvalue weighted by Crippen LogP contribution is -2.41. The molecule has 6 nitrogen and oxygen atoms in total.